The Bertz CT molecular complexity index is 457. The minimum absolute atomic E-state index is 0.243. The Morgan fingerprint density at radius 3 is 2.25 bits per heavy atom. The van der Waals surface area contributed by atoms with Gasteiger partial charge in [0.25, 0.3) is 0 Å². The Kier molecular flexibility index (Phi) is 3.00. The number of amides is 1. The number of piperidine rings is 1. The molecule has 3 atom stereocenters. The van der Waals surface area contributed by atoms with Gasteiger partial charge in [-0.3, -0.25) is 4.90 Å². The van der Waals surface area contributed by atoms with Crippen LogP contribution in [0, 0.1) is 11.3 Å². The fourth-order valence-corrected chi connectivity index (χ4v) is 2.77. The van der Waals surface area contributed by atoms with E-state index in [-0.39, 0.29) is 6.42 Å². The van der Waals surface area contributed by atoms with Gasteiger partial charge in [-0.05, 0) is 27.2 Å². The normalized spacial score (nSPS) is 32.8. The van der Waals surface area contributed by atoms with Gasteiger partial charge in [0, 0.05) is 12.5 Å². The van der Waals surface area contributed by atoms with Crippen LogP contribution in [-0.2, 0) is 9.53 Å². The number of carboxylic acids is 1. The molecule has 3 unspecified atom stereocenters. The molecule has 1 heterocycles. The number of carboxylic acid groups (broad SMARTS) is 1. The molecule has 1 aliphatic carbocycles. The monoisotopic (exact) mass is 295 g/mol. The molecule has 1 aliphatic heterocycles. The van der Waals surface area contributed by atoms with Gasteiger partial charge in [0.2, 0.25) is 0 Å². The summed E-state index contributed by atoms with van der Waals surface area (Å²) in [6, 6.07) is -1.47. The summed E-state index contributed by atoms with van der Waals surface area (Å²) < 4.78 is 44.1. The predicted octanol–water partition coefficient (Wildman–Crippen LogP) is 2.26. The second-order valence-corrected chi connectivity index (χ2v) is 6.36. The average Bonchev–Trinajstić information content (AvgIpc) is 2.81. The van der Waals surface area contributed by atoms with Crippen molar-refractivity contribution in [2.75, 3.05) is 6.54 Å². The van der Waals surface area contributed by atoms with Crippen LogP contribution in [0.3, 0.4) is 0 Å². The Morgan fingerprint density at radius 1 is 1.30 bits per heavy atom. The van der Waals surface area contributed by atoms with Crippen molar-refractivity contribution in [3.63, 3.8) is 0 Å². The van der Waals surface area contributed by atoms with Gasteiger partial charge in [-0.15, -0.1) is 0 Å². The SMILES string of the molecule is CC(C)(C)OC(=O)N1CC2(C(F)(F)F)CC2C1C(=O)O. The first-order valence-electron chi connectivity index (χ1n) is 6.18. The molecule has 1 amide bonds. The van der Waals surface area contributed by atoms with Gasteiger partial charge in [-0.25, -0.2) is 9.59 Å². The highest BCUT2D eigenvalue weighted by Crippen LogP contribution is 2.68. The van der Waals surface area contributed by atoms with Crippen LogP contribution in [0.15, 0.2) is 0 Å². The number of ether oxygens (including phenoxy) is 1. The molecule has 20 heavy (non-hydrogen) atoms. The van der Waals surface area contributed by atoms with Gasteiger partial charge < -0.3 is 9.84 Å². The van der Waals surface area contributed by atoms with E-state index < -0.39 is 47.8 Å². The van der Waals surface area contributed by atoms with Crippen molar-refractivity contribution < 1.29 is 32.6 Å². The highest BCUT2D eigenvalue weighted by Gasteiger charge is 2.79. The third-order valence-electron chi connectivity index (χ3n) is 3.75. The lowest BCUT2D eigenvalue weighted by atomic mass is 10.0. The van der Waals surface area contributed by atoms with Gasteiger partial charge in [-0.2, -0.15) is 13.2 Å². The second kappa shape index (κ2) is 4.02. The molecule has 8 heteroatoms. The Labute approximate surface area is 113 Å². The quantitative estimate of drug-likeness (QED) is 0.805. The summed E-state index contributed by atoms with van der Waals surface area (Å²) in [5, 5.41) is 9.09. The van der Waals surface area contributed by atoms with E-state index in [0.717, 1.165) is 0 Å². The lowest BCUT2D eigenvalue weighted by molar-refractivity contribution is -0.187. The van der Waals surface area contributed by atoms with E-state index in [0.29, 0.717) is 4.90 Å². The van der Waals surface area contributed by atoms with E-state index in [4.69, 9.17) is 9.84 Å². The van der Waals surface area contributed by atoms with Crippen LogP contribution in [0.5, 0.6) is 0 Å². The summed E-state index contributed by atoms with van der Waals surface area (Å²) in [6.07, 6.45) is -5.77. The maximum atomic E-state index is 13.0. The van der Waals surface area contributed by atoms with Crippen molar-refractivity contribution in [1.29, 1.82) is 0 Å². The second-order valence-electron chi connectivity index (χ2n) is 6.36. The molecule has 1 saturated heterocycles. The third kappa shape index (κ3) is 2.20. The molecular weight excluding hydrogens is 279 g/mol. The van der Waals surface area contributed by atoms with Crippen LogP contribution >= 0.6 is 0 Å². The van der Waals surface area contributed by atoms with E-state index in [2.05, 4.69) is 0 Å². The molecule has 0 aromatic rings. The van der Waals surface area contributed by atoms with Crippen molar-refractivity contribution in [1.82, 2.24) is 4.90 Å². The Balaban J connectivity index is 2.22. The van der Waals surface area contributed by atoms with Gasteiger partial charge in [0.15, 0.2) is 0 Å². The summed E-state index contributed by atoms with van der Waals surface area (Å²) >= 11 is 0. The number of likely N-dealkylation sites (tertiary alicyclic amines) is 1. The number of carbonyl (C=O) groups is 2. The van der Waals surface area contributed by atoms with Gasteiger partial charge in [0.05, 0.1) is 5.41 Å². The van der Waals surface area contributed by atoms with Crippen LogP contribution in [0.4, 0.5) is 18.0 Å². The number of nitrogens with zero attached hydrogens (tertiary/aromatic N) is 1. The number of fused-ring (bicyclic) bond motifs is 1. The van der Waals surface area contributed by atoms with Gasteiger partial charge in [0.1, 0.15) is 11.6 Å². The van der Waals surface area contributed by atoms with E-state index in [9.17, 15) is 22.8 Å². The highest BCUT2D eigenvalue weighted by molar-refractivity contribution is 5.82. The summed E-state index contributed by atoms with van der Waals surface area (Å²) in [4.78, 5) is 23.7. The molecular formula is C12H16F3NO4. The van der Waals surface area contributed by atoms with Crippen LogP contribution in [0.2, 0.25) is 0 Å². The number of halogens is 3. The zero-order valence-electron chi connectivity index (χ0n) is 11.3. The van der Waals surface area contributed by atoms with E-state index in [1.165, 1.54) is 0 Å². The van der Waals surface area contributed by atoms with Crippen LogP contribution < -0.4 is 0 Å². The molecule has 0 aromatic heterocycles. The molecule has 2 fully saturated rings. The zero-order valence-corrected chi connectivity index (χ0v) is 11.3. The summed E-state index contributed by atoms with van der Waals surface area (Å²) in [5.74, 6) is -2.50. The van der Waals surface area contributed by atoms with Crippen molar-refractivity contribution in [3.8, 4) is 0 Å². The van der Waals surface area contributed by atoms with E-state index in [1.54, 1.807) is 20.8 Å². The van der Waals surface area contributed by atoms with Crippen LogP contribution in [0.1, 0.15) is 27.2 Å². The number of hydrogen-bond donors (Lipinski definition) is 1. The number of alkyl halides is 3. The Hall–Kier alpha value is -1.47. The van der Waals surface area contributed by atoms with Crippen LogP contribution in [0.25, 0.3) is 0 Å². The molecule has 0 aromatic carbocycles. The minimum atomic E-state index is -4.51. The van der Waals surface area contributed by atoms with Crippen LogP contribution in [-0.4, -0.2) is 46.4 Å². The first kappa shape index (κ1) is 14.9. The topological polar surface area (TPSA) is 66.8 Å². The molecule has 2 rings (SSSR count). The number of aliphatic carboxylic acids is 1. The predicted molar refractivity (Wildman–Crippen MR) is 61.0 cm³/mol. The van der Waals surface area contributed by atoms with Gasteiger partial charge >= 0.3 is 18.2 Å². The fourth-order valence-electron chi connectivity index (χ4n) is 2.77. The van der Waals surface area contributed by atoms with E-state index >= 15 is 0 Å². The molecule has 1 saturated carbocycles. The minimum Gasteiger partial charge on any atom is -0.480 e. The fraction of sp³-hybridized carbons (Fsp3) is 0.833. The first-order chi connectivity index (χ1) is 8.89. The molecule has 5 nitrogen and oxygen atoms in total. The molecule has 0 radical (unpaired) electrons. The summed E-state index contributed by atoms with van der Waals surface area (Å²) in [5.41, 5.74) is -2.97. The smallest absolute Gasteiger partial charge is 0.411 e. The van der Waals surface area contributed by atoms with Crippen molar-refractivity contribution in [2.45, 2.75) is 45.0 Å². The van der Waals surface area contributed by atoms with Gasteiger partial charge in [-0.1, -0.05) is 0 Å². The average molecular weight is 295 g/mol. The third-order valence-corrected chi connectivity index (χ3v) is 3.75. The van der Waals surface area contributed by atoms with Crippen molar-refractivity contribution >= 4 is 12.1 Å². The lowest BCUT2D eigenvalue weighted by Gasteiger charge is -2.29. The van der Waals surface area contributed by atoms with Crippen molar-refractivity contribution in [2.24, 2.45) is 11.3 Å². The van der Waals surface area contributed by atoms with E-state index in [1.807, 2.05) is 0 Å². The number of hydrogen-bond acceptors (Lipinski definition) is 3. The number of rotatable bonds is 1. The molecule has 0 bridgehead atoms. The zero-order chi connectivity index (χ0) is 15.5. The molecule has 2 aliphatic rings. The molecule has 114 valence electrons. The molecule has 0 spiro atoms. The maximum Gasteiger partial charge on any atom is 0.411 e. The standard InChI is InChI=1S/C12H16F3NO4/c1-10(2,3)20-9(19)16-5-11(12(13,14)15)4-6(11)7(16)8(17)18/h6-7H,4-5H2,1-3H3,(H,17,18). The lowest BCUT2D eigenvalue weighted by Crippen LogP contribution is -2.46. The highest BCUT2D eigenvalue weighted by atomic mass is 19.4. The summed E-state index contributed by atoms with van der Waals surface area (Å²) in [7, 11) is 0. The Morgan fingerprint density at radius 2 is 1.85 bits per heavy atom. The largest absolute Gasteiger partial charge is 0.480 e. The van der Waals surface area contributed by atoms with Crippen molar-refractivity contribution in [3.05, 3.63) is 0 Å². The maximum absolute atomic E-state index is 13.0. The molecule has 1 N–H and O–H groups in total. The number of carbonyl (C=O) groups excluding carboxylic acids is 1. The first-order valence-corrected chi connectivity index (χ1v) is 6.18. The summed E-state index contributed by atoms with van der Waals surface area (Å²) in [6.45, 7) is 4.05.